The zero-order chi connectivity index (χ0) is 8.97. The predicted molar refractivity (Wildman–Crippen MR) is 53.9 cm³/mol. The van der Waals surface area contributed by atoms with Crippen LogP contribution in [0.1, 0.15) is 18.1 Å². The van der Waals surface area contributed by atoms with E-state index in [1.165, 1.54) is 16.7 Å². The van der Waals surface area contributed by atoms with Gasteiger partial charge in [0.1, 0.15) is 0 Å². The maximum atomic E-state index is 3.66. The summed E-state index contributed by atoms with van der Waals surface area (Å²) < 4.78 is 0. The van der Waals surface area contributed by atoms with Crippen LogP contribution in [-0.2, 0) is 20.1 Å². The second-order valence-corrected chi connectivity index (χ2v) is 2.85. The summed E-state index contributed by atoms with van der Waals surface area (Å²) >= 11 is 0. The van der Waals surface area contributed by atoms with Gasteiger partial charge in [-0.05, 0) is 6.92 Å². The molecule has 13 heavy (non-hydrogen) atoms. The van der Waals surface area contributed by atoms with Gasteiger partial charge < -0.3 is 0 Å². The number of allylic oxidation sites excluding steroid dienone is 3. The maximum Gasteiger partial charge on any atom is 0 e. The van der Waals surface area contributed by atoms with Gasteiger partial charge in [0, 0.05) is 20.1 Å². The van der Waals surface area contributed by atoms with Gasteiger partial charge in [0.2, 0.25) is 0 Å². The van der Waals surface area contributed by atoms with E-state index >= 15 is 0 Å². The van der Waals surface area contributed by atoms with Crippen molar-refractivity contribution >= 4 is 5.57 Å². The van der Waals surface area contributed by atoms with Crippen molar-refractivity contribution in [3.8, 4) is 0 Å². The summed E-state index contributed by atoms with van der Waals surface area (Å²) in [6.07, 6.45) is 3.82. The van der Waals surface area contributed by atoms with Gasteiger partial charge in [-0.2, -0.15) is 29.8 Å². The van der Waals surface area contributed by atoms with E-state index in [0.29, 0.717) is 0 Å². The molecule has 0 aliphatic heterocycles. The van der Waals surface area contributed by atoms with E-state index in [4.69, 9.17) is 0 Å². The number of aryl methyl sites for hydroxylation is 1. The van der Waals surface area contributed by atoms with Crippen molar-refractivity contribution in [2.45, 2.75) is 13.8 Å². The fourth-order valence-corrected chi connectivity index (χ4v) is 1.10. The smallest absolute Gasteiger partial charge is 0 e. The normalized spacial score (nSPS) is 10.5. The van der Waals surface area contributed by atoms with Crippen LogP contribution in [0.15, 0.2) is 36.9 Å². The van der Waals surface area contributed by atoms with Gasteiger partial charge in [-0.25, -0.2) is 0 Å². The zero-order valence-corrected chi connectivity index (χ0v) is 10.3. The standard InChI is InChI=1S/C12H13.Ir/c1-4-6-11(3)12-8-5-7-10(2)9-12;/h4-6,8-9H,1H2,2-3H3;/q-1;/b11-6+;. The molecule has 0 aliphatic rings. The average molecular weight is 349 g/mol. The Bertz CT molecular complexity index is 311. The van der Waals surface area contributed by atoms with E-state index in [9.17, 15) is 0 Å². The SMILES string of the molecule is C=C/C=C(\C)c1cc[c-]c(C)c1.[Ir]. The van der Waals surface area contributed by atoms with E-state index in [1.54, 1.807) is 6.08 Å². The van der Waals surface area contributed by atoms with Crippen LogP contribution in [0.2, 0.25) is 0 Å². The molecule has 1 rings (SSSR count). The van der Waals surface area contributed by atoms with Crippen LogP contribution in [0.4, 0.5) is 0 Å². The molecule has 0 fully saturated rings. The molecule has 0 heterocycles. The molecule has 0 nitrogen and oxygen atoms in total. The second-order valence-electron chi connectivity index (χ2n) is 2.85. The van der Waals surface area contributed by atoms with Crippen molar-refractivity contribution in [3.05, 3.63) is 54.1 Å². The molecule has 1 heteroatoms. The van der Waals surface area contributed by atoms with Crippen LogP contribution in [-0.4, -0.2) is 0 Å². The zero-order valence-electron chi connectivity index (χ0n) is 7.93. The van der Waals surface area contributed by atoms with Crippen LogP contribution in [0.3, 0.4) is 0 Å². The third-order valence-corrected chi connectivity index (χ3v) is 1.77. The molecular formula is C12H13Ir-. The Balaban J connectivity index is 0.00000144. The van der Waals surface area contributed by atoms with Gasteiger partial charge in [-0.1, -0.05) is 31.2 Å². The molecule has 0 saturated carbocycles. The topological polar surface area (TPSA) is 0 Å². The monoisotopic (exact) mass is 350 g/mol. The van der Waals surface area contributed by atoms with E-state index in [1.807, 2.05) is 19.1 Å². The Kier molecular flexibility index (Phi) is 5.61. The predicted octanol–water partition coefficient (Wildman–Crippen LogP) is 3.38. The summed E-state index contributed by atoms with van der Waals surface area (Å²) in [5, 5.41) is 0. The summed E-state index contributed by atoms with van der Waals surface area (Å²) in [6.45, 7) is 7.79. The summed E-state index contributed by atoms with van der Waals surface area (Å²) in [4.78, 5) is 0. The molecule has 0 aromatic heterocycles. The fourth-order valence-electron chi connectivity index (χ4n) is 1.10. The minimum absolute atomic E-state index is 0. The second kappa shape index (κ2) is 5.90. The van der Waals surface area contributed by atoms with Crippen molar-refractivity contribution in [1.82, 2.24) is 0 Å². The summed E-state index contributed by atoms with van der Waals surface area (Å²) in [7, 11) is 0. The van der Waals surface area contributed by atoms with Gasteiger partial charge >= 0.3 is 0 Å². The Morgan fingerprint density at radius 3 is 2.77 bits per heavy atom. The molecule has 0 aliphatic carbocycles. The van der Waals surface area contributed by atoms with Gasteiger partial charge in [0.25, 0.3) is 0 Å². The number of hydrogen-bond donors (Lipinski definition) is 0. The van der Waals surface area contributed by atoms with Gasteiger partial charge in [0.05, 0.1) is 0 Å². The first-order valence-corrected chi connectivity index (χ1v) is 4.02. The van der Waals surface area contributed by atoms with Gasteiger partial charge in [0.15, 0.2) is 0 Å². The van der Waals surface area contributed by atoms with Crippen molar-refractivity contribution < 1.29 is 20.1 Å². The first-order chi connectivity index (χ1) is 5.74. The minimum Gasteiger partial charge on any atom is -0.181 e. The van der Waals surface area contributed by atoms with Crippen LogP contribution in [0.25, 0.3) is 5.57 Å². The minimum atomic E-state index is 0. The molecule has 1 aromatic rings. The average Bonchev–Trinajstić information content (AvgIpc) is 2.05. The van der Waals surface area contributed by atoms with E-state index in [0.717, 1.165) is 0 Å². The number of hydrogen-bond acceptors (Lipinski definition) is 0. The maximum absolute atomic E-state index is 3.66. The Morgan fingerprint density at radius 1 is 1.54 bits per heavy atom. The molecule has 0 N–H and O–H groups in total. The molecule has 0 amide bonds. The molecule has 1 aromatic carbocycles. The Labute approximate surface area is 93.7 Å². The fraction of sp³-hybridized carbons (Fsp3) is 0.167. The van der Waals surface area contributed by atoms with Crippen LogP contribution in [0.5, 0.6) is 0 Å². The first-order valence-electron chi connectivity index (χ1n) is 4.02. The molecule has 71 valence electrons. The van der Waals surface area contributed by atoms with Crippen molar-refractivity contribution in [2.24, 2.45) is 0 Å². The Morgan fingerprint density at radius 2 is 2.23 bits per heavy atom. The molecule has 0 spiro atoms. The summed E-state index contributed by atoms with van der Waals surface area (Å²) in [5.74, 6) is 0. The van der Waals surface area contributed by atoms with Crippen molar-refractivity contribution in [3.63, 3.8) is 0 Å². The largest absolute Gasteiger partial charge is 0.181 e. The molecule has 1 radical (unpaired) electrons. The first kappa shape index (κ1) is 12.3. The summed E-state index contributed by atoms with van der Waals surface area (Å²) in [5.41, 5.74) is 3.65. The van der Waals surface area contributed by atoms with Crippen molar-refractivity contribution in [2.75, 3.05) is 0 Å². The number of rotatable bonds is 2. The van der Waals surface area contributed by atoms with Crippen molar-refractivity contribution in [1.29, 1.82) is 0 Å². The van der Waals surface area contributed by atoms with Gasteiger partial charge in [-0.15, -0.1) is 5.56 Å². The van der Waals surface area contributed by atoms with E-state index in [2.05, 4.69) is 31.7 Å². The van der Waals surface area contributed by atoms with E-state index < -0.39 is 0 Å². The summed E-state index contributed by atoms with van der Waals surface area (Å²) in [6, 6.07) is 9.24. The molecule has 0 atom stereocenters. The molecule has 0 bridgehead atoms. The third kappa shape index (κ3) is 3.71. The third-order valence-electron chi connectivity index (χ3n) is 1.77. The van der Waals surface area contributed by atoms with E-state index in [-0.39, 0.29) is 20.1 Å². The quantitative estimate of drug-likeness (QED) is 0.567. The van der Waals surface area contributed by atoms with Crippen LogP contribution < -0.4 is 0 Å². The molecular weight excluding hydrogens is 336 g/mol. The molecule has 0 saturated heterocycles. The van der Waals surface area contributed by atoms with Crippen LogP contribution >= 0.6 is 0 Å². The molecule has 0 unspecified atom stereocenters. The van der Waals surface area contributed by atoms with Crippen LogP contribution in [0, 0.1) is 13.0 Å². The Hall–Kier alpha value is -0.651. The van der Waals surface area contributed by atoms with Gasteiger partial charge in [-0.3, -0.25) is 0 Å². The number of benzene rings is 1.